The van der Waals surface area contributed by atoms with Gasteiger partial charge in [-0.2, -0.15) is 0 Å². The van der Waals surface area contributed by atoms with Crippen molar-refractivity contribution >= 4 is 5.78 Å². The summed E-state index contributed by atoms with van der Waals surface area (Å²) in [4.78, 5) is 11.5. The van der Waals surface area contributed by atoms with Gasteiger partial charge in [0.1, 0.15) is 0 Å². The van der Waals surface area contributed by atoms with Crippen molar-refractivity contribution in [1.82, 2.24) is 0 Å². The third-order valence-electron chi connectivity index (χ3n) is 2.49. The maximum atomic E-state index is 11.5. The predicted molar refractivity (Wildman–Crippen MR) is 63.7 cm³/mol. The molecule has 0 amide bonds. The number of hydrogen-bond acceptors (Lipinski definition) is 1. The highest BCUT2D eigenvalue weighted by molar-refractivity contribution is 5.97. The molecule has 0 aromatic rings. The van der Waals surface area contributed by atoms with E-state index in [-0.39, 0.29) is 5.41 Å². The van der Waals surface area contributed by atoms with Gasteiger partial charge in [-0.15, -0.1) is 5.73 Å². The Kier molecular flexibility index (Phi) is 3.71. The fourth-order valence-corrected chi connectivity index (χ4v) is 1.71. The molecule has 1 aliphatic rings. The largest absolute Gasteiger partial charge is 0.295 e. The Bertz CT molecular complexity index is 346. The van der Waals surface area contributed by atoms with Crippen LogP contribution in [-0.2, 0) is 4.79 Å². The molecule has 0 bridgehead atoms. The molecule has 0 heterocycles. The van der Waals surface area contributed by atoms with Gasteiger partial charge in [-0.05, 0) is 43.9 Å². The minimum absolute atomic E-state index is 0.0629. The van der Waals surface area contributed by atoms with Gasteiger partial charge in [0.25, 0.3) is 0 Å². The highest BCUT2D eigenvalue weighted by atomic mass is 16.1. The zero-order chi connectivity index (χ0) is 11.5. The van der Waals surface area contributed by atoms with Crippen LogP contribution in [0.25, 0.3) is 0 Å². The zero-order valence-electron chi connectivity index (χ0n) is 10.2. The van der Waals surface area contributed by atoms with Gasteiger partial charge in [-0.25, -0.2) is 0 Å². The van der Waals surface area contributed by atoms with Crippen molar-refractivity contribution in [3.05, 3.63) is 29.0 Å². The summed E-state index contributed by atoms with van der Waals surface area (Å²) >= 11 is 0. The van der Waals surface area contributed by atoms with Crippen molar-refractivity contribution in [2.24, 2.45) is 5.41 Å². The van der Waals surface area contributed by atoms with Crippen LogP contribution in [0.3, 0.4) is 0 Å². The molecule has 0 aromatic heterocycles. The second-order valence-corrected chi connectivity index (χ2v) is 5.06. The van der Waals surface area contributed by atoms with E-state index in [1.54, 1.807) is 0 Å². The molecule has 0 unspecified atom stereocenters. The van der Waals surface area contributed by atoms with Crippen LogP contribution in [0.1, 0.15) is 47.0 Å². The summed E-state index contributed by atoms with van der Waals surface area (Å²) in [5, 5.41) is 0. The SMILES string of the molecule is CC(C)=C=CC(C)(C)/C=C1\CCCC1=O. The van der Waals surface area contributed by atoms with Crippen LogP contribution in [-0.4, -0.2) is 5.78 Å². The van der Waals surface area contributed by atoms with E-state index in [2.05, 4.69) is 25.7 Å². The summed E-state index contributed by atoms with van der Waals surface area (Å²) < 4.78 is 0. The molecular formula is C14H20O. The van der Waals surface area contributed by atoms with Gasteiger partial charge >= 0.3 is 0 Å². The molecule has 1 rings (SSSR count). The van der Waals surface area contributed by atoms with E-state index in [0.29, 0.717) is 5.78 Å². The van der Waals surface area contributed by atoms with Crippen LogP contribution >= 0.6 is 0 Å². The fraction of sp³-hybridized carbons (Fsp3) is 0.571. The maximum Gasteiger partial charge on any atom is 0.158 e. The summed E-state index contributed by atoms with van der Waals surface area (Å²) in [6.07, 6.45) is 6.84. The van der Waals surface area contributed by atoms with Crippen molar-refractivity contribution in [1.29, 1.82) is 0 Å². The molecule has 1 heteroatoms. The fourth-order valence-electron chi connectivity index (χ4n) is 1.71. The zero-order valence-corrected chi connectivity index (χ0v) is 10.2. The van der Waals surface area contributed by atoms with Crippen LogP contribution in [0.15, 0.2) is 29.0 Å². The van der Waals surface area contributed by atoms with Crippen molar-refractivity contribution in [3.8, 4) is 0 Å². The Morgan fingerprint density at radius 1 is 1.33 bits per heavy atom. The molecule has 82 valence electrons. The third kappa shape index (κ3) is 3.89. The highest BCUT2D eigenvalue weighted by Gasteiger charge is 2.20. The van der Waals surface area contributed by atoms with Gasteiger partial charge in [0.05, 0.1) is 0 Å². The topological polar surface area (TPSA) is 17.1 Å². The number of ketones is 1. The summed E-state index contributed by atoms with van der Waals surface area (Å²) in [5.41, 5.74) is 5.32. The number of hydrogen-bond donors (Lipinski definition) is 0. The quantitative estimate of drug-likeness (QED) is 0.493. The standard InChI is InChI=1S/C14H20O/c1-11(2)8-9-14(3,4)10-12-6-5-7-13(12)15/h9-10H,5-7H2,1-4H3/b12-10+. The molecule has 0 N–H and O–H groups in total. The van der Waals surface area contributed by atoms with Crippen molar-refractivity contribution in [2.75, 3.05) is 0 Å². The van der Waals surface area contributed by atoms with E-state index < -0.39 is 0 Å². The molecule has 1 fully saturated rings. The average Bonchev–Trinajstić information content (AvgIpc) is 2.48. The smallest absolute Gasteiger partial charge is 0.158 e. The molecule has 0 saturated heterocycles. The first-order chi connectivity index (χ1) is 6.91. The van der Waals surface area contributed by atoms with Gasteiger partial charge in [-0.1, -0.05) is 19.9 Å². The van der Waals surface area contributed by atoms with E-state index >= 15 is 0 Å². The monoisotopic (exact) mass is 204 g/mol. The molecule has 0 aliphatic heterocycles. The Morgan fingerprint density at radius 3 is 2.47 bits per heavy atom. The minimum atomic E-state index is -0.0629. The third-order valence-corrected chi connectivity index (χ3v) is 2.49. The molecule has 15 heavy (non-hydrogen) atoms. The summed E-state index contributed by atoms with van der Waals surface area (Å²) in [7, 11) is 0. The van der Waals surface area contributed by atoms with Crippen LogP contribution in [0.2, 0.25) is 0 Å². The molecule has 0 spiro atoms. The Hall–Kier alpha value is -1.07. The summed E-state index contributed by atoms with van der Waals surface area (Å²) in [6, 6.07) is 0. The highest BCUT2D eigenvalue weighted by Crippen LogP contribution is 2.27. The molecular weight excluding hydrogens is 184 g/mol. The van der Waals surface area contributed by atoms with Crippen LogP contribution in [0.5, 0.6) is 0 Å². The lowest BCUT2D eigenvalue weighted by Gasteiger charge is -2.14. The Labute approximate surface area is 92.6 Å². The van der Waals surface area contributed by atoms with E-state index in [0.717, 1.165) is 24.8 Å². The van der Waals surface area contributed by atoms with Crippen LogP contribution in [0.4, 0.5) is 0 Å². The first kappa shape index (κ1) is 12.0. The van der Waals surface area contributed by atoms with E-state index in [1.807, 2.05) is 19.9 Å². The molecule has 0 aromatic carbocycles. The number of allylic oxidation sites excluding steroid dienone is 3. The number of rotatable bonds is 2. The Balaban J connectivity index is 2.88. The molecule has 0 atom stereocenters. The normalized spacial score (nSPS) is 19.2. The van der Waals surface area contributed by atoms with Crippen molar-refractivity contribution in [2.45, 2.75) is 47.0 Å². The minimum Gasteiger partial charge on any atom is -0.295 e. The molecule has 0 radical (unpaired) electrons. The second-order valence-electron chi connectivity index (χ2n) is 5.06. The van der Waals surface area contributed by atoms with Gasteiger partial charge in [-0.3, -0.25) is 4.79 Å². The molecule has 1 aliphatic carbocycles. The van der Waals surface area contributed by atoms with Gasteiger partial charge in [0.15, 0.2) is 5.78 Å². The lowest BCUT2D eigenvalue weighted by Crippen LogP contribution is -2.05. The maximum absolute atomic E-state index is 11.5. The lowest BCUT2D eigenvalue weighted by molar-refractivity contribution is -0.114. The second kappa shape index (κ2) is 4.63. The van der Waals surface area contributed by atoms with E-state index in [1.165, 1.54) is 5.57 Å². The number of carbonyl (C=O) groups excluding carboxylic acids is 1. The number of carbonyl (C=O) groups is 1. The first-order valence-corrected chi connectivity index (χ1v) is 5.57. The van der Waals surface area contributed by atoms with Gasteiger partial charge in [0, 0.05) is 11.8 Å². The van der Waals surface area contributed by atoms with Crippen molar-refractivity contribution < 1.29 is 4.79 Å². The average molecular weight is 204 g/mol. The van der Waals surface area contributed by atoms with Crippen LogP contribution in [0, 0.1) is 5.41 Å². The van der Waals surface area contributed by atoms with Gasteiger partial charge in [0.2, 0.25) is 0 Å². The van der Waals surface area contributed by atoms with Gasteiger partial charge < -0.3 is 0 Å². The summed E-state index contributed by atoms with van der Waals surface area (Å²) in [5.74, 6) is 0.327. The Morgan fingerprint density at radius 2 is 2.00 bits per heavy atom. The number of Topliss-reactive ketones (excluding diaryl/α,β-unsaturated/α-hetero) is 1. The van der Waals surface area contributed by atoms with E-state index in [9.17, 15) is 4.79 Å². The van der Waals surface area contributed by atoms with Crippen molar-refractivity contribution in [3.63, 3.8) is 0 Å². The summed E-state index contributed by atoms with van der Waals surface area (Å²) in [6.45, 7) is 8.28. The molecule has 1 saturated carbocycles. The predicted octanol–water partition coefficient (Wildman–Crippen LogP) is 3.81. The first-order valence-electron chi connectivity index (χ1n) is 5.57. The van der Waals surface area contributed by atoms with E-state index in [4.69, 9.17) is 0 Å². The molecule has 1 nitrogen and oxygen atoms in total. The van der Waals surface area contributed by atoms with Crippen LogP contribution < -0.4 is 0 Å². The lowest BCUT2D eigenvalue weighted by atomic mass is 9.90.